The molecule has 0 aromatic heterocycles. The van der Waals surface area contributed by atoms with Crippen molar-refractivity contribution in [3.05, 3.63) is 23.8 Å². The first-order valence-electron chi connectivity index (χ1n) is 5.41. The molecule has 0 unspecified atom stereocenters. The van der Waals surface area contributed by atoms with Crippen molar-refractivity contribution >= 4 is 0 Å². The van der Waals surface area contributed by atoms with Crippen LogP contribution in [0.2, 0.25) is 0 Å². The van der Waals surface area contributed by atoms with Gasteiger partial charge in [0.2, 0.25) is 0 Å². The average molecular weight is 223 g/mol. The van der Waals surface area contributed by atoms with Gasteiger partial charge in [0.05, 0.1) is 14.2 Å². The predicted molar refractivity (Wildman–Crippen MR) is 66.1 cm³/mol. The van der Waals surface area contributed by atoms with Crippen LogP contribution in [0.1, 0.15) is 26.3 Å². The summed E-state index contributed by atoms with van der Waals surface area (Å²) in [5.41, 5.74) is 1.27. The summed E-state index contributed by atoms with van der Waals surface area (Å²) in [5, 5.41) is 3.43. The summed E-state index contributed by atoms with van der Waals surface area (Å²) in [6, 6.07) is 5.91. The lowest BCUT2D eigenvalue weighted by atomic mass is 10.1. The molecule has 0 saturated heterocycles. The number of benzene rings is 1. The lowest BCUT2D eigenvalue weighted by Crippen LogP contribution is -2.35. The van der Waals surface area contributed by atoms with Crippen molar-refractivity contribution < 1.29 is 9.47 Å². The molecule has 0 spiro atoms. The summed E-state index contributed by atoms with van der Waals surface area (Å²) < 4.78 is 10.4. The van der Waals surface area contributed by atoms with Crippen molar-refractivity contribution in [1.29, 1.82) is 0 Å². The van der Waals surface area contributed by atoms with Crippen LogP contribution in [0.3, 0.4) is 0 Å². The van der Waals surface area contributed by atoms with Crippen LogP contribution in [0, 0.1) is 0 Å². The molecule has 0 aliphatic carbocycles. The van der Waals surface area contributed by atoms with Crippen molar-refractivity contribution in [2.24, 2.45) is 0 Å². The topological polar surface area (TPSA) is 30.5 Å². The monoisotopic (exact) mass is 223 g/mol. The van der Waals surface area contributed by atoms with Gasteiger partial charge in [0.15, 0.2) is 0 Å². The molecule has 1 aromatic carbocycles. The quantitative estimate of drug-likeness (QED) is 0.851. The smallest absolute Gasteiger partial charge is 0.122 e. The van der Waals surface area contributed by atoms with E-state index in [1.807, 2.05) is 18.2 Å². The first-order chi connectivity index (χ1) is 7.44. The van der Waals surface area contributed by atoms with Gasteiger partial charge < -0.3 is 14.8 Å². The number of rotatable bonds is 4. The fourth-order valence-electron chi connectivity index (χ4n) is 1.34. The third-order valence-corrected chi connectivity index (χ3v) is 2.23. The van der Waals surface area contributed by atoms with Crippen molar-refractivity contribution in [2.75, 3.05) is 14.2 Å². The molecule has 0 saturated carbocycles. The van der Waals surface area contributed by atoms with E-state index in [4.69, 9.17) is 9.47 Å². The second-order valence-corrected chi connectivity index (χ2v) is 4.82. The molecule has 1 aromatic rings. The Bertz CT molecular complexity index is 320. The zero-order valence-electron chi connectivity index (χ0n) is 10.8. The highest BCUT2D eigenvalue weighted by Gasteiger charge is 2.09. The van der Waals surface area contributed by atoms with Gasteiger partial charge in [-0.3, -0.25) is 0 Å². The van der Waals surface area contributed by atoms with Crippen LogP contribution in [-0.2, 0) is 6.54 Å². The van der Waals surface area contributed by atoms with E-state index in [-0.39, 0.29) is 5.54 Å². The Morgan fingerprint density at radius 2 is 1.50 bits per heavy atom. The number of nitrogens with one attached hydrogen (secondary N) is 1. The van der Waals surface area contributed by atoms with Gasteiger partial charge in [-0.05, 0) is 38.5 Å². The first kappa shape index (κ1) is 12.8. The fourth-order valence-corrected chi connectivity index (χ4v) is 1.34. The zero-order valence-corrected chi connectivity index (χ0v) is 10.8. The number of ether oxygens (including phenoxy) is 2. The largest absolute Gasteiger partial charge is 0.497 e. The van der Waals surface area contributed by atoms with E-state index in [1.54, 1.807) is 14.2 Å². The molecule has 0 amide bonds. The van der Waals surface area contributed by atoms with Crippen molar-refractivity contribution in [1.82, 2.24) is 5.32 Å². The Morgan fingerprint density at radius 1 is 1.00 bits per heavy atom. The normalized spacial score (nSPS) is 11.3. The zero-order chi connectivity index (χ0) is 12.2. The van der Waals surface area contributed by atoms with Crippen LogP contribution in [0.4, 0.5) is 0 Å². The lowest BCUT2D eigenvalue weighted by Gasteiger charge is -2.21. The van der Waals surface area contributed by atoms with E-state index in [9.17, 15) is 0 Å². The van der Waals surface area contributed by atoms with E-state index in [0.29, 0.717) is 0 Å². The van der Waals surface area contributed by atoms with Crippen LogP contribution in [0.5, 0.6) is 11.5 Å². The molecule has 0 aliphatic heterocycles. The van der Waals surface area contributed by atoms with E-state index in [2.05, 4.69) is 26.1 Å². The highest BCUT2D eigenvalue weighted by molar-refractivity contribution is 5.38. The number of methoxy groups -OCH3 is 2. The van der Waals surface area contributed by atoms with Gasteiger partial charge in [-0.2, -0.15) is 0 Å². The summed E-state index contributed by atoms with van der Waals surface area (Å²) >= 11 is 0. The summed E-state index contributed by atoms with van der Waals surface area (Å²) in [5.74, 6) is 1.65. The van der Waals surface area contributed by atoms with Crippen LogP contribution in [-0.4, -0.2) is 19.8 Å². The fraction of sp³-hybridized carbons (Fsp3) is 0.538. The van der Waals surface area contributed by atoms with Gasteiger partial charge in [-0.25, -0.2) is 0 Å². The highest BCUT2D eigenvalue weighted by atomic mass is 16.5. The average Bonchev–Trinajstić information content (AvgIpc) is 2.25. The summed E-state index contributed by atoms with van der Waals surface area (Å²) in [6.07, 6.45) is 0. The molecule has 16 heavy (non-hydrogen) atoms. The van der Waals surface area contributed by atoms with Gasteiger partial charge in [-0.15, -0.1) is 0 Å². The van der Waals surface area contributed by atoms with E-state index >= 15 is 0 Å². The molecule has 0 radical (unpaired) electrons. The summed E-state index contributed by atoms with van der Waals surface area (Å²) in [6.45, 7) is 7.23. The van der Waals surface area contributed by atoms with E-state index in [0.717, 1.165) is 23.6 Å². The predicted octanol–water partition coefficient (Wildman–Crippen LogP) is 2.59. The highest BCUT2D eigenvalue weighted by Crippen LogP contribution is 2.22. The Balaban J connectivity index is 2.79. The number of hydrogen-bond donors (Lipinski definition) is 1. The van der Waals surface area contributed by atoms with Crippen LogP contribution in [0.25, 0.3) is 0 Å². The van der Waals surface area contributed by atoms with Gasteiger partial charge in [0, 0.05) is 18.2 Å². The molecule has 1 N–H and O–H groups in total. The molecule has 1 rings (SSSR count). The molecule has 0 fully saturated rings. The Kier molecular flexibility index (Phi) is 4.19. The molecule has 3 heteroatoms. The minimum atomic E-state index is 0.107. The standard InChI is InChI=1S/C13H21NO2/c1-13(2,3)14-9-10-6-11(15-4)8-12(7-10)16-5/h6-8,14H,9H2,1-5H3. The van der Waals surface area contributed by atoms with Gasteiger partial charge in [0.25, 0.3) is 0 Å². The van der Waals surface area contributed by atoms with Crippen molar-refractivity contribution in [3.8, 4) is 11.5 Å². The summed E-state index contributed by atoms with van der Waals surface area (Å²) in [7, 11) is 3.32. The molecule has 0 heterocycles. The van der Waals surface area contributed by atoms with E-state index < -0.39 is 0 Å². The molecule has 90 valence electrons. The molecular formula is C13H21NO2. The van der Waals surface area contributed by atoms with Crippen LogP contribution >= 0.6 is 0 Å². The lowest BCUT2D eigenvalue weighted by molar-refractivity contribution is 0.390. The first-order valence-corrected chi connectivity index (χ1v) is 5.41. The third-order valence-electron chi connectivity index (χ3n) is 2.23. The van der Waals surface area contributed by atoms with Gasteiger partial charge in [-0.1, -0.05) is 0 Å². The molecule has 0 aliphatic rings. The van der Waals surface area contributed by atoms with Gasteiger partial charge >= 0.3 is 0 Å². The minimum Gasteiger partial charge on any atom is -0.497 e. The Morgan fingerprint density at radius 3 is 1.88 bits per heavy atom. The maximum atomic E-state index is 5.22. The van der Waals surface area contributed by atoms with Crippen molar-refractivity contribution in [3.63, 3.8) is 0 Å². The molecule has 3 nitrogen and oxygen atoms in total. The maximum absolute atomic E-state index is 5.22. The minimum absolute atomic E-state index is 0.107. The maximum Gasteiger partial charge on any atom is 0.122 e. The molecule has 0 atom stereocenters. The second-order valence-electron chi connectivity index (χ2n) is 4.82. The molecule has 0 bridgehead atoms. The Labute approximate surface area is 97.8 Å². The van der Waals surface area contributed by atoms with Crippen molar-refractivity contribution in [2.45, 2.75) is 32.9 Å². The third kappa shape index (κ3) is 4.11. The molecular weight excluding hydrogens is 202 g/mol. The summed E-state index contributed by atoms with van der Waals surface area (Å²) in [4.78, 5) is 0. The number of hydrogen-bond acceptors (Lipinski definition) is 3. The van der Waals surface area contributed by atoms with Crippen LogP contribution in [0.15, 0.2) is 18.2 Å². The Hall–Kier alpha value is -1.22. The van der Waals surface area contributed by atoms with Gasteiger partial charge in [0.1, 0.15) is 11.5 Å². The van der Waals surface area contributed by atoms with Crippen LogP contribution < -0.4 is 14.8 Å². The SMILES string of the molecule is COc1cc(CNC(C)(C)C)cc(OC)c1. The van der Waals surface area contributed by atoms with E-state index in [1.165, 1.54) is 0 Å². The second kappa shape index (κ2) is 5.21.